The maximum absolute atomic E-state index is 12.5. The number of carbonyl (C=O) groups is 2. The highest BCUT2D eigenvalue weighted by molar-refractivity contribution is 6.04. The van der Waals surface area contributed by atoms with Crippen molar-refractivity contribution in [2.24, 2.45) is 0 Å². The molecule has 0 radical (unpaired) electrons. The van der Waals surface area contributed by atoms with Crippen LogP contribution in [0.5, 0.6) is 11.5 Å². The van der Waals surface area contributed by atoms with Crippen molar-refractivity contribution in [1.82, 2.24) is 0 Å². The predicted molar refractivity (Wildman–Crippen MR) is 117 cm³/mol. The zero-order chi connectivity index (χ0) is 21.5. The van der Waals surface area contributed by atoms with Crippen LogP contribution in [0, 0.1) is 13.8 Å². The fourth-order valence-corrected chi connectivity index (χ4v) is 2.90. The number of nitrogens with one attached hydrogen (secondary N) is 2. The number of rotatable bonds is 7. The Morgan fingerprint density at radius 2 is 1.63 bits per heavy atom. The van der Waals surface area contributed by atoms with Gasteiger partial charge in [-0.2, -0.15) is 0 Å². The summed E-state index contributed by atoms with van der Waals surface area (Å²) in [5, 5.41) is 5.65. The first-order valence-electron chi connectivity index (χ1n) is 9.50. The fraction of sp³-hybridized carbons (Fsp3) is 0.167. The smallest absolute Gasteiger partial charge is 0.262 e. The van der Waals surface area contributed by atoms with Crippen LogP contribution in [0.25, 0.3) is 0 Å². The molecule has 2 N–H and O–H groups in total. The molecular formula is C24H24N2O4. The van der Waals surface area contributed by atoms with Gasteiger partial charge in [-0.15, -0.1) is 0 Å². The maximum Gasteiger partial charge on any atom is 0.262 e. The highest BCUT2D eigenvalue weighted by atomic mass is 16.5. The number of aryl methyl sites for hydroxylation is 2. The Morgan fingerprint density at radius 1 is 0.867 bits per heavy atom. The minimum Gasteiger partial charge on any atom is -0.497 e. The molecule has 0 aliphatic rings. The van der Waals surface area contributed by atoms with E-state index < -0.39 is 0 Å². The zero-order valence-corrected chi connectivity index (χ0v) is 17.2. The van der Waals surface area contributed by atoms with Gasteiger partial charge in [0.2, 0.25) is 0 Å². The lowest BCUT2D eigenvalue weighted by Gasteiger charge is -2.10. The Balaban J connectivity index is 1.53. The molecule has 154 valence electrons. The molecule has 0 fully saturated rings. The lowest BCUT2D eigenvalue weighted by atomic mass is 10.1. The molecule has 30 heavy (non-hydrogen) atoms. The van der Waals surface area contributed by atoms with Crippen LogP contribution in [0.2, 0.25) is 0 Å². The number of hydrogen-bond donors (Lipinski definition) is 2. The standard InChI is InChI=1S/C24H24N2O4/c1-16-7-12-22(17(2)13-16)26-24(28)18-8-10-20(11-9-18)30-15-23(27)25-19-5-4-6-21(14-19)29-3/h4-14H,15H2,1-3H3,(H,25,27)(H,26,28). The van der Waals surface area contributed by atoms with E-state index in [0.717, 1.165) is 16.8 Å². The molecule has 3 aromatic carbocycles. The minimum absolute atomic E-state index is 0.148. The fourth-order valence-electron chi connectivity index (χ4n) is 2.90. The number of ether oxygens (including phenoxy) is 2. The van der Waals surface area contributed by atoms with Gasteiger partial charge >= 0.3 is 0 Å². The van der Waals surface area contributed by atoms with Crippen LogP contribution in [0.1, 0.15) is 21.5 Å². The second kappa shape index (κ2) is 9.60. The van der Waals surface area contributed by atoms with Crippen molar-refractivity contribution < 1.29 is 19.1 Å². The van der Waals surface area contributed by atoms with Crippen LogP contribution < -0.4 is 20.1 Å². The lowest BCUT2D eigenvalue weighted by Crippen LogP contribution is -2.20. The summed E-state index contributed by atoms with van der Waals surface area (Å²) in [4.78, 5) is 24.5. The number of methoxy groups -OCH3 is 1. The van der Waals surface area contributed by atoms with Gasteiger partial charge in [0.1, 0.15) is 11.5 Å². The monoisotopic (exact) mass is 404 g/mol. The van der Waals surface area contributed by atoms with E-state index in [2.05, 4.69) is 10.6 Å². The third-order valence-corrected chi connectivity index (χ3v) is 4.47. The normalized spacial score (nSPS) is 10.2. The van der Waals surface area contributed by atoms with E-state index in [-0.39, 0.29) is 18.4 Å². The van der Waals surface area contributed by atoms with E-state index in [4.69, 9.17) is 9.47 Å². The van der Waals surface area contributed by atoms with E-state index in [0.29, 0.717) is 22.7 Å². The first kappa shape index (κ1) is 20.9. The number of hydrogen-bond acceptors (Lipinski definition) is 4. The molecule has 0 unspecified atom stereocenters. The predicted octanol–water partition coefficient (Wildman–Crippen LogP) is 4.58. The molecule has 0 bridgehead atoms. The van der Waals surface area contributed by atoms with Crippen LogP contribution in [0.3, 0.4) is 0 Å². The second-order valence-corrected chi connectivity index (χ2v) is 6.87. The molecule has 0 atom stereocenters. The number of benzene rings is 3. The minimum atomic E-state index is -0.292. The quantitative estimate of drug-likeness (QED) is 0.604. The topological polar surface area (TPSA) is 76.7 Å². The largest absolute Gasteiger partial charge is 0.497 e. The first-order chi connectivity index (χ1) is 14.4. The Morgan fingerprint density at radius 3 is 2.33 bits per heavy atom. The maximum atomic E-state index is 12.5. The average Bonchev–Trinajstić information content (AvgIpc) is 2.74. The van der Waals surface area contributed by atoms with Gasteiger partial charge in [-0.25, -0.2) is 0 Å². The SMILES string of the molecule is COc1cccc(NC(=O)COc2ccc(C(=O)Nc3ccc(C)cc3C)cc2)c1. The van der Waals surface area contributed by atoms with Gasteiger partial charge in [-0.3, -0.25) is 9.59 Å². The summed E-state index contributed by atoms with van der Waals surface area (Å²) in [6.45, 7) is 3.82. The summed E-state index contributed by atoms with van der Waals surface area (Å²) < 4.78 is 10.6. The molecule has 3 rings (SSSR count). The van der Waals surface area contributed by atoms with Crippen LogP contribution in [0.4, 0.5) is 11.4 Å². The Bertz CT molecular complexity index is 1050. The van der Waals surface area contributed by atoms with Crippen molar-refractivity contribution in [3.05, 3.63) is 83.4 Å². The molecule has 6 nitrogen and oxygen atoms in total. The van der Waals surface area contributed by atoms with Crippen LogP contribution in [0.15, 0.2) is 66.7 Å². The van der Waals surface area contributed by atoms with E-state index in [9.17, 15) is 9.59 Å². The van der Waals surface area contributed by atoms with Gasteiger partial charge in [0.15, 0.2) is 6.61 Å². The number of anilines is 2. The van der Waals surface area contributed by atoms with Crippen molar-refractivity contribution in [1.29, 1.82) is 0 Å². The van der Waals surface area contributed by atoms with Crippen molar-refractivity contribution in [3.8, 4) is 11.5 Å². The molecule has 6 heteroatoms. The Kier molecular flexibility index (Phi) is 6.70. The van der Waals surface area contributed by atoms with Gasteiger partial charge in [0.25, 0.3) is 11.8 Å². The summed E-state index contributed by atoms with van der Waals surface area (Å²) in [7, 11) is 1.57. The molecule has 0 heterocycles. The highest BCUT2D eigenvalue weighted by Crippen LogP contribution is 2.19. The van der Waals surface area contributed by atoms with Crippen molar-refractivity contribution in [3.63, 3.8) is 0 Å². The van der Waals surface area contributed by atoms with Gasteiger partial charge in [0, 0.05) is 23.0 Å². The van der Waals surface area contributed by atoms with Crippen molar-refractivity contribution in [2.45, 2.75) is 13.8 Å². The third kappa shape index (κ3) is 5.61. The molecule has 0 aliphatic carbocycles. The van der Waals surface area contributed by atoms with Crippen LogP contribution in [-0.2, 0) is 4.79 Å². The van der Waals surface area contributed by atoms with E-state index in [1.807, 2.05) is 32.0 Å². The molecule has 3 aromatic rings. The van der Waals surface area contributed by atoms with E-state index in [1.54, 1.807) is 55.6 Å². The molecule has 2 amide bonds. The summed E-state index contributed by atoms with van der Waals surface area (Å²) in [5.41, 5.74) is 4.05. The summed E-state index contributed by atoms with van der Waals surface area (Å²) >= 11 is 0. The van der Waals surface area contributed by atoms with Crippen LogP contribution >= 0.6 is 0 Å². The molecule has 0 spiro atoms. The second-order valence-electron chi connectivity index (χ2n) is 6.87. The number of carbonyl (C=O) groups excluding carboxylic acids is 2. The molecule has 0 saturated carbocycles. The zero-order valence-electron chi connectivity index (χ0n) is 17.2. The van der Waals surface area contributed by atoms with Crippen molar-refractivity contribution >= 4 is 23.2 Å². The highest BCUT2D eigenvalue weighted by Gasteiger charge is 2.09. The van der Waals surface area contributed by atoms with Crippen LogP contribution in [-0.4, -0.2) is 25.5 Å². The Labute approximate surface area is 175 Å². The first-order valence-corrected chi connectivity index (χ1v) is 9.50. The van der Waals surface area contributed by atoms with Crippen molar-refractivity contribution in [2.75, 3.05) is 24.4 Å². The van der Waals surface area contributed by atoms with E-state index in [1.165, 1.54) is 0 Å². The van der Waals surface area contributed by atoms with Gasteiger partial charge in [-0.05, 0) is 61.9 Å². The Hall–Kier alpha value is -3.80. The molecule has 0 saturated heterocycles. The molecular weight excluding hydrogens is 380 g/mol. The number of amides is 2. The van der Waals surface area contributed by atoms with Gasteiger partial charge < -0.3 is 20.1 Å². The third-order valence-electron chi connectivity index (χ3n) is 4.47. The molecule has 0 aliphatic heterocycles. The molecule has 0 aromatic heterocycles. The summed E-state index contributed by atoms with van der Waals surface area (Å²) in [6, 6.07) is 19.6. The van der Waals surface area contributed by atoms with E-state index >= 15 is 0 Å². The van der Waals surface area contributed by atoms with Gasteiger partial charge in [-0.1, -0.05) is 23.8 Å². The van der Waals surface area contributed by atoms with Gasteiger partial charge in [0.05, 0.1) is 7.11 Å². The summed E-state index contributed by atoms with van der Waals surface area (Å²) in [5.74, 6) is 0.659. The summed E-state index contributed by atoms with van der Waals surface area (Å²) in [6.07, 6.45) is 0. The average molecular weight is 404 g/mol. The lowest BCUT2D eigenvalue weighted by molar-refractivity contribution is -0.118.